The monoisotopic (exact) mass is 211 g/mol. The van der Waals surface area contributed by atoms with E-state index in [-0.39, 0.29) is 6.61 Å². The van der Waals surface area contributed by atoms with Gasteiger partial charge in [0.2, 0.25) is 0 Å². The van der Waals surface area contributed by atoms with E-state index >= 15 is 0 Å². The van der Waals surface area contributed by atoms with E-state index in [0.717, 1.165) is 31.7 Å². The van der Waals surface area contributed by atoms with Crippen molar-refractivity contribution in [3.8, 4) is 0 Å². The number of ether oxygens (including phenoxy) is 1. The predicted molar refractivity (Wildman–Crippen MR) is 54.4 cm³/mol. The van der Waals surface area contributed by atoms with E-state index in [4.69, 9.17) is 9.84 Å². The van der Waals surface area contributed by atoms with Crippen LogP contribution in [0, 0.1) is 0 Å². The molecule has 84 valence electrons. The van der Waals surface area contributed by atoms with Gasteiger partial charge in [0.1, 0.15) is 0 Å². The molecule has 5 nitrogen and oxygen atoms in total. The van der Waals surface area contributed by atoms with E-state index in [1.807, 2.05) is 10.9 Å². The zero-order valence-corrected chi connectivity index (χ0v) is 8.80. The van der Waals surface area contributed by atoms with Gasteiger partial charge in [-0.25, -0.2) is 0 Å². The molecule has 2 heterocycles. The van der Waals surface area contributed by atoms with Gasteiger partial charge < -0.3 is 9.84 Å². The van der Waals surface area contributed by atoms with Crippen molar-refractivity contribution in [3.05, 3.63) is 11.9 Å². The maximum atomic E-state index is 8.73. The summed E-state index contributed by atoms with van der Waals surface area (Å²) in [4.78, 5) is 0. The second-order valence-electron chi connectivity index (χ2n) is 3.87. The lowest BCUT2D eigenvalue weighted by molar-refractivity contribution is 0.0993. The van der Waals surface area contributed by atoms with Crippen LogP contribution < -0.4 is 0 Å². The van der Waals surface area contributed by atoms with Crippen LogP contribution in [-0.2, 0) is 17.7 Å². The first-order valence-electron chi connectivity index (χ1n) is 5.50. The molecule has 1 atom stereocenters. The fourth-order valence-electron chi connectivity index (χ4n) is 1.83. The Labute approximate surface area is 89.0 Å². The van der Waals surface area contributed by atoms with Crippen LogP contribution in [0.5, 0.6) is 0 Å². The quantitative estimate of drug-likeness (QED) is 0.765. The number of hydrogen-bond acceptors (Lipinski definition) is 4. The third-order valence-corrected chi connectivity index (χ3v) is 2.66. The van der Waals surface area contributed by atoms with Gasteiger partial charge in [-0.15, -0.1) is 5.10 Å². The summed E-state index contributed by atoms with van der Waals surface area (Å²) in [7, 11) is 0. The van der Waals surface area contributed by atoms with Gasteiger partial charge in [0.25, 0.3) is 0 Å². The maximum absolute atomic E-state index is 8.73. The minimum atomic E-state index is 0.129. The maximum Gasteiger partial charge on any atom is 0.0849 e. The van der Waals surface area contributed by atoms with Gasteiger partial charge in [0.15, 0.2) is 0 Å². The number of nitrogens with zero attached hydrogens (tertiary/aromatic N) is 3. The highest BCUT2D eigenvalue weighted by atomic mass is 16.5. The fourth-order valence-corrected chi connectivity index (χ4v) is 1.83. The summed E-state index contributed by atoms with van der Waals surface area (Å²) in [6.45, 7) is 1.88. The largest absolute Gasteiger partial charge is 0.396 e. The van der Waals surface area contributed by atoms with Gasteiger partial charge in [-0.3, -0.25) is 4.68 Å². The highest BCUT2D eigenvalue weighted by molar-refractivity contribution is 4.92. The summed E-state index contributed by atoms with van der Waals surface area (Å²) < 4.78 is 7.35. The van der Waals surface area contributed by atoms with E-state index in [2.05, 4.69) is 10.3 Å². The van der Waals surface area contributed by atoms with Gasteiger partial charge in [-0.1, -0.05) is 5.21 Å². The molecule has 0 spiro atoms. The molecule has 0 aromatic carbocycles. The van der Waals surface area contributed by atoms with Gasteiger partial charge in [0, 0.05) is 32.4 Å². The molecule has 0 radical (unpaired) electrons. The summed E-state index contributed by atoms with van der Waals surface area (Å²) in [5.74, 6) is 0. The minimum Gasteiger partial charge on any atom is -0.396 e. The van der Waals surface area contributed by atoms with E-state index in [1.54, 1.807) is 0 Å². The molecule has 0 aliphatic carbocycles. The molecule has 1 unspecified atom stereocenters. The van der Waals surface area contributed by atoms with Crippen molar-refractivity contribution in [1.29, 1.82) is 0 Å². The highest BCUT2D eigenvalue weighted by Crippen LogP contribution is 2.15. The number of hydrogen-bond donors (Lipinski definition) is 1. The summed E-state index contributed by atoms with van der Waals surface area (Å²) in [6, 6.07) is 0. The Balaban J connectivity index is 1.77. The zero-order valence-electron chi connectivity index (χ0n) is 8.80. The van der Waals surface area contributed by atoms with Crippen LogP contribution in [0.25, 0.3) is 0 Å². The zero-order chi connectivity index (χ0) is 10.5. The Bertz CT molecular complexity index is 295. The van der Waals surface area contributed by atoms with Crippen molar-refractivity contribution >= 4 is 0 Å². The topological polar surface area (TPSA) is 60.2 Å². The van der Waals surface area contributed by atoms with Crippen molar-refractivity contribution in [2.75, 3.05) is 13.2 Å². The van der Waals surface area contributed by atoms with Crippen LogP contribution >= 0.6 is 0 Å². The molecule has 1 aromatic rings. The van der Waals surface area contributed by atoms with Gasteiger partial charge in [-0.05, 0) is 19.3 Å². The third-order valence-electron chi connectivity index (χ3n) is 2.66. The summed E-state index contributed by atoms with van der Waals surface area (Å²) in [5, 5.41) is 16.7. The number of aliphatic hydroxyl groups is 1. The smallest absolute Gasteiger partial charge is 0.0849 e. The van der Waals surface area contributed by atoms with Crippen molar-refractivity contribution in [2.45, 2.75) is 38.3 Å². The van der Waals surface area contributed by atoms with Crippen LogP contribution in [0.4, 0.5) is 0 Å². The van der Waals surface area contributed by atoms with Crippen molar-refractivity contribution in [2.24, 2.45) is 0 Å². The van der Waals surface area contributed by atoms with Gasteiger partial charge in [-0.2, -0.15) is 0 Å². The first-order valence-corrected chi connectivity index (χ1v) is 5.50. The van der Waals surface area contributed by atoms with Crippen molar-refractivity contribution in [3.63, 3.8) is 0 Å². The molecule has 1 aliphatic rings. The van der Waals surface area contributed by atoms with E-state index < -0.39 is 0 Å². The molecular formula is C10H17N3O2. The van der Waals surface area contributed by atoms with Crippen molar-refractivity contribution < 1.29 is 9.84 Å². The second-order valence-corrected chi connectivity index (χ2v) is 3.87. The Hall–Kier alpha value is -0.940. The summed E-state index contributed by atoms with van der Waals surface area (Å²) in [5.41, 5.74) is 0.852. The number of aryl methyl sites for hydroxylation is 1. The standard InChI is InChI=1S/C10H17N3O2/c14-6-4-9-8-13(12-11-9)5-3-10-2-1-7-15-10/h8,10,14H,1-7H2. The Morgan fingerprint density at radius 3 is 3.27 bits per heavy atom. The number of rotatable bonds is 5. The third kappa shape index (κ3) is 3.00. The minimum absolute atomic E-state index is 0.129. The normalized spacial score (nSPS) is 21.0. The SMILES string of the molecule is OCCc1cn(CCC2CCCO2)nn1. The molecule has 1 N–H and O–H groups in total. The first kappa shape index (κ1) is 10.6. The molecule has 15 heavy (non-hydrogen) atoms. The van der Waals surface area contributed by atoms with Gasteiger partial charge in [0.05, 0.1) is 11.8 Å². The Morgan fingerprint density at radius 2 is 2.53 bits per heavy atom. The Kier molecular flexibility index (Phi) is 3.69. The van der Waals surface area contributed by atoms with Crippen LogP contribution in [0.3, 0.4) is 0 Å². The molecule has 2 rings (SSSR count). The van der Waals surface area contributed by atoms with Crippen LogP contribution in [0.1, 0.15) is 25.0 Å². The van der Waals surface area contributed by atoms with Crippen LogP contribution in [0.2, 0.25) is 0 Å². The molecule has 0 saturated carbocycles. The molecule has 1 saturated heterocycles. The molecular weight excluding hydrogens is 194 g/mol. The molecule has 1 aliphatic heterocycles. The van der Waals surface area contributed by atoms with Crippen LogP contribution in [-0.4, -0.2) is 39.4 Å². The first-order chi connectivity index (χ1) is 7.38. The average molecular weight is 211 g/mol. The predicted octanol–water partition coefficient (Wildman–Crippen LogP) is 0.382. The lowest BCUT2D eigenvalue weighted by Crippen LogP contribution is -2.10. The second kappa shape index (κ2) is 5.23. The van der Waals surface area contributed by atoms with E-state index in [9.17, 15) is 0 Å². The lowest BCUT2D eigenvalue weighted by Gasteiger charge is -2.07. The number of aliphatic hydroxyl groups excluding tert-OH is 1. The molecule has 1 aromatic heterocycles. The average Bonchev–Trinajstić information content (AvgIpc) is 2.85. The molecule has 0 bridgehead atoms. The molecule has 0 amide bonds. The number of aromatic nitrogens is 3. The summed E-state index contributed by atoms with van der Waals surface area (Å²) in [6.07, 6.45) is 6.22. The summed E-state index contributed by atoms with van der Waals surface area (Å²) >= 11 is 0. The molecule has 5 heteroatoms. The van der Waals surface area contributed by atoms with E-state index in [1.165, 1.54) is 6.42 Å². The van der Waals surface area contributed by atoms with Crippen molar-refractivity contribution in [1.82, 2.24) is 15.0 Å². The van der Waals surface area contributed by atoms with Crippen LogP contribution in [0.15, 0.2) is 6.20 Å². The molecule has 1 fully saturated rings. The van der Waals surface area contributed by atoms with E-state index in [0.29, 0.717) is 12.5 Å². The Morgan fingerprint density at radius 1 is 1.60 bits per heavy atom. The van der Waals surface area contributed by atoms with Gasteiger partial charge >= 0.3 is 0 Å². The lowest BCUT2D eigenvalue weighted by atomic mass is 10.2. The fraction of sp³-hybridized carbons (Fsp3) is 0.800. The highest BCUT2D eigenvalue weighted by Gasteiger charge is 2.15.